The van der Waals surface area contributed by atoms with Crippen molar-refractivity contribution in [1.29, 1.82) is 0 Å². The molecule has 1 aliphatic heterocycles. The second-order valence-electron chi connectivity index (χ2n) is 5.65. The number of hydrogen-bond donors (Lipinski definition) is 0. The number of halogens is 2. The Labute approximate surface area is 157 Å². The minimum atomic E-state index is -0.492. The molecule has 6 heteroatoms. The van der Waals surface area contributed by atoms with E-state index in [1.54, 1.807) is 28.9 Å². The van der Waals surface area contributed by atoms with Crippen molar-refractivity contribution in [3.05, 3.63) is 63.0 Å². The van der Waals surface area contributed by atoms with Gasteiger partial charge in [-0.3, -0.25) is 9.59 Å². The van der Waals surface area contributed by atoms with Crippen molar-refractivity contribution in [2.45, 2.75) is 13.0 Å². The van der Waals surface area contributed by atoms with Gasteiger partial charge < -0.3 is 9.80 Å². The predicted octanol–water partition coefficient (Wildman–Crippen LogP) is 4.09. The Balaban J connectivity index is 1.79. The lowest BCUT2D eigenvalue weighted by Gasteiger charge is -2.39. The van der Waals surface area contributed by atoms with Gasteiger partial charge in [0.1, 0.15) is 6.04 Å². The predicted molar refractivity (Wildman–Crippen MR) is 101 cm³/mol. The van der Waals surface area contributed by atoms with Gasteiger partial charge in [0, 0.05) is 33.3 Å². The number of hydrogen-bond acceptors (Lipinski definition) is 2. The fourth-order valence-electron chi connectivity index (χ4n) is 2.81. The molecule has 0 unspecified atom stereocenters. The van der Waals surface area contributed by atoms with E-state index in [1.807, 2.05) is 36.4 Å². The maximum absolute atomic E-state index is 12.7. The van der Waals surface area contributed by atoms with Crippen molar-refractivity contribution in [2.75, 3.05) is 18.0 Å². The minimum Gasteiger partial charge on any atom is -0.325 e. The fourth-order valence-corrected chi connectivity index (χ4v) is 3.46. The lowest BCUT2D eigenvalue weighted by molar-refractivity contribution is -0.124. The average molecular weight is 452 g/mol. The van der Waals surface area contributed by atoms with E-state index in [-0.39, 0.29) is 11.8 Å². The van der Waals surface area contributed by atoms with Gasteiger partial charge in [-0.1, -0.05) is 37.9 Å². The molecule has 0 aliphatic carbocycles. The molecule has 1 fully saturated rings. The second kappa shape index (κ2) is 7.07. The molecule has 1 atom stereocenters. The Morgan fingerprint density at radius 2 is 1.75 bits per heavy atom. The normalized spacial score (nSPS) is 18.0. The minimum absolute atomic E-state index is 0.0650. The first-order chi connectivity index (χ1) is 11.5. The highest BCUT2D eigenvalue weighted by Gasteiger charge is 2.35. The summed E-state index contributed by atoms with van der Waals surface area (Å²) in [6, 6.07) is 14.3. The smallest absolute Gasteiger partial charge is 0.254 e. The zero-order valence-corrected chi connectivity index (χ0v) is 16.2. The zero-order valence-electron chi connectivity index (χ0n) is 13.1. The molecule has 24 heavy (non-hydrogen) atoms. The van der Waals surface area contributed by atoms with Crippen molar-refractivity contribution < 1.29 is 9.59 Å². The Bertz CT molecular complexity index is 777. The number of rotatable bonds is 2. The van der Waals surface area contributed by atoms with Gasteiger partial charge in [-0.2, -0.15) is 0 Å². The van der Waals surface area contributed by atoms with E-state index in [9.17, 15) is 9.59 Å². The quantitative estimate of drug-likeness (QED) is 0.689. The second-order valence-corrected chi connectivity index (χ2v) is 7.48. The summed E-state index contributed by atoms with van der Waals surface area (Å²) in [4.78, 5) is 28.8. The third-order valence-electron chi connectivity index (χ3n) is 4.13. The number of piperazine rings is 1. The van der Waals surface area contributed by atoms with Gasteiger partial charge in [-0.25, -0.2) is 0 Å². The van der Waals surface area contributed by atoms with Crippen LogP contribution in [0.3, 0.4) is 0 Å². The summed E-state index contributed by atoms with van der Waals surface area (Å²) in [5, 5.41) is 0. The number of anilines is 1. The molecular formula is C18H16Br2N2O2. The molecule has 0 bridgehead atoms. The van der Waals surface area contributed by atoms with Gasteiger partial charge in [-0.15, -0.1) is 0 Å². The summed E-state index contributed by atoms with van der Waals surface area (Å²) in [6.07, 6.45) is 0. The van der Waals surface area contributed by atoms with E-state index in [1.165, 1.54) is 0 Å². The molecule has 2 aromatic rings. The van der Waals surface area contributed by atoms with Gasteiger partial charge in [0.05, 0.1) is 0 Å². The summed E-state index contributed by atoms with van der Waals surface area (Å²) in [7, 11) is 0. The molecule has 124 valence electrons. The van der Waals surface area contributed by atoms with Crippen LogP contribution in [0, 0.1) is 0 Å². The van der Waals surface area contributed by atoms with Crippen LogP contribution < -0.4 is 4.90 Å². The largest absolute Gasteiger partial charge is 0.325 e. The van der Waals surface area contributed by atoms with E-state index in [4.69, 9.17) is 0 Å². The van der Waals surface area contributed by atoms with Crippen molar-refractivity contribution in [3.8, 4) is 0 Å². The van der Waals surface area contributed by atoms with Crippen LogP contribution in [-0.2, 0) is 4.79 Å². The van der Waals surface area contributed by atoms with Crippen LogP contribution in [0.25, 0.3) is 0 Å². The van der Waals surface area contributed by atoms with Crippen LogP contribution >= 0.6 is 31.9 Å². The summed E-state index contributed by atoms with van der Waals surface area (Å²) in [5.41, 5.74) is 1.44. The molecule has 0 radical (unpaired) electrons. The summed E-state index contributed by atoms with van der Waals surface area (Å²) in [6.45, 7) is 2.78. The first-order valence-electron chi connectivity index (χ1n) is 7.61. The van der Waals surface area contributed by atoms with Crippen LogP contribution in [0.5, 0.6) is 0 Å². The zero-order chi connectivity index (χ0) is 17.3. The van der Waals surface area contributed by atoms with E-state index in [0.717, 1.165) is 14.6 Å². The van der Waals surface area contributed by atoms with Crippen molar-refractivity contribution >= 4 is 49.4 Å². The highest BCUT2D eigenvalue weighted by Crippen LogP contribution is 2.24. The fraction of sp³-hybridized carbons (Fsp3) is 0.222. The summed E-state index contributed by atoms with van der Waals surface area (Å²) >= 11 is 6.79. The average Bonchev–Trinajstić information content (AvgIpc) is 2.57. The van der Waals surface area contributed by atoms with Gasteiger partial charge >= 0.3 is 0 Å². The highest BCUT2D eigenvalue weighted by atomic mass is 79.9. The number of carbonyl (C=O) groups excluding carboxylic acids is 2. The third-order valence-corrected chi connectivity index (χ3v) is 5.15. The molecule has 0 aromatic heterocycles. The van der Waals surface area contributed by atoms with Gasteiger partial charge in [0.25, 0.3) is 5.91 Å². The molecule has 4 nitrogen and oxygen atoms in total. The lowest BCUT2D eigenvalue weighted by Crippen LogP contribution is -2.57. The topological polar surface area (TPSA) is 40.6 Å². The van der Waals surface area contributed by atoms with Gasteiger partial charge in [-0.05, 0) is 49.4 Å². The van der Waals surface area contributed by atoms with E-state index in [2.05, 4.69) is 31.9 Å². The van der Waals surface area contributed by atoms with Crippen molar-refractivity contribution in [3.63, 3.8) is 0 Å². The molecule has 1 saturated heterocycles. The Morgan fingerprint density at radius 3 is 2.42 bits per heavy atom. The monoisotopic (exact) mass is 450 g/mol. The Morgan fingerprint density at radius 1 is 1.04 bits per heavy atom. The first kappa shape index (κ1) is 17.2. The van der Waals surface area contributed by atoms with E-state index >= 15 is 0 Å². The molecule has 2 aromatic carbocycles. The van der Waals surface area contributed by atoms with Crippen LogP contribution in [0.2, 0.25) is 0 Å². The maximum Gasteiger partial charge on any atom is 0.254 e. The molecular weight excluding hydrogens is 436 g/mol. The van der Waals surface area contributed by atoms with Crippen molar-refractivity contribution in [2.24, 2.45) is 0 Å². The lowest BCUT2D eigenvalue weighted by atomic mass is 10.1. The third kappa shape index (κ3) is 3.39. The summed E-state index contributed by atoms with van der Waals surface area (Å²) in [5.74, 6) is -0.179. The molecule has 0 N–H and O–H groups in total. The molecule has 0 saturated carbocycles. The Kier molecular flexibility index (Phi) is 5.06. The highest BCUT2D eigenvalue weighted by molar-refractivity contribution is 9.10. The maximum atomic E-state index is 12.7. The number of benzene rings is 2. The number of amides is 2. The SMILES string of the molecule is C[C@@H]1C(=O)N(c2cccc(Br)c2)CCN1C(=O)c1ccc(Br)cc1. The van der Waals surface area contributed by atoms with Crippen LogP contribution in [0.15, 0.2) is 57.5 Å². The van der Waals surface area contributed by atoms with E-state index in [0.29, 0.717) is 18.7 Å². The summed E-state index contributed by atoms with van der Waals surface area (Å²) < 4.78 is 1.84. The number of carbonyl (C=O) groups is 2. The van der Waals surface area contributed by atoms with Crippen LogP contribution in [-0.4, -0.2) is 35.8 Å². The molecule has 0 spiro atoms. The molecule has 1 heterocycles. The molecule has 1 aliphatic rings. The molecule has 2 amide bonds. The van der Waals surface area contributed by atoms with Gasteiger partial charge in [0.2, 0.25) is 5.91 Å². The van der Waals surface area contributed by atoms with E-state index < -0.39 is 6.04 Å². The van der Waals surface area contributed by atoms with Crippen LogP contribution in [0.4, 0.5) is 5.69 Å². The van der Waals surface area contributed by atoms with Gasteiger partial charge in [0.15, 0.2) is 0 Å². The van der Waals surface area contributed by atoms with Crippen LogP contribution in [0.1, 0.15) is 17.3 Å². The number of nitrogens with zero attached hydrogens (tertiary/aromatic N) is 2. The first-order valence-corrected chi connectivity index (χ1v) is 9.19. The standard InChI is InChI=1S/C18H16Br2N2O2/c1-12-17(23)22(16-4-2-3-15(20)11-16)10-9-21(12)18(24)13-5-7-14(19)8-6-13/h2-8,11-12H,9-10H2,1H3/t12-/m1/s1. The Hall–Kier alpha value is -1.66. The molecule has 3 rings (SSSR count). The van der Waals surface area contributed by atoms with Crippen molar-refractivity contribution in [1.82, 2.24) is 4.90 Å².